The van der Waals surface area contributed by atoms with Gasteiger partial charge in [0.15, 0.2) is 0 Å². The molecule has 3 nitrogen and oxygen atoms in total. The van der Waals surface area contributed by atoms with E-state index in [-0.39, 0.29) is 5.04 Å². The Balaban J connectivity index is 3.02. The molecule has 0 saturated heterocycles. The monoisotopic (exact) mass is 291 g/mol. The second kappa shape index (κ2) is 6.26. The molecule has 1 rings (SSSR count). The molecule has 1 aromatic carbocycles. The van der Waals surface area contributed by atoms with E-state index in [4.69, 9.17) is 9.26 Å². The van der Waals surface area contributed by atoms with Crippen molar-refractivity contribution >= 4 is 14.0 Å². The van der Waals surface area contributed by atoms with Crippen molar-refractivity contribution in [2.24, 2.45) is 5.16 Å². The van der Waals surface area contributed by atoms with Crippen LogP contribution in [-0.2, 0) is 9.26 Å². The molecule has 0 radical (unpaired) electrons. The van der Waals surface area contributed by atoms with E-state index in [9.17, 15) is 0 Å². The van der Waals surface area contributed by atoms with Crippen LogP contribution in [0.4, 0.5) is 0 Å². The molecule has 0 bridgehead atoms. The molecule has 0 atom stereocenters. The van der Waals surface area contributed by atoms with Gasteiger partial charge in [0, 0.05) is 5.56 Å². The third kappa shape index (κ3) is 3.97. The minimum Gasteiger partial charge on any atom is -0.542 e. The fraction of sp³-hybridized carbons (Fsp3) is 0.438. The van der Waals surface area contributed by atoms with Gasteiger partial charge in [-0.05, 0) is 18.1 Å². The summed E-state index contributed by atoms with van der Waals surface area (Å²) in [6.07, 6.45) is 0. The lowest BCUT2D eigenvalue weighted by Crippen LogP contribution is -2.41. The van der Waals surface area contributed by atoms with Crippen molar-refractivity contribution in [2.75, 3.05) is 7.11 Å². The first-order valence-corrected chi connectivity index (χ1v) is 9.65. The summed E-state index contributed by atoms with van der Waals surface area (Å²) >= 11 is 0. The number of oxime groups is 1. The van der Waals surface area contributed by atoms with E-state index in [1.807, 2.05) is 30.3 Å². The van der Waals surface area contributed by atoms with Crippen LogP contribution in [0.25, 0.3) is 0 Å². The molecule has 0 heterocycles. The summed E-state index contributed by atoms with van der Waals surface area (Å²) in [4.78, 5) is 4.94. The maximum Gasteiger partial charge on any atom is 0.250 e. The van der Waals surface area contributed by atoms with Crippen LogP contribution in [-0.4, -0.2) is 21.1 Å². The second-order valence-electron chi connectivity index (χ2n) is 6.27. The van der Waals surface area contributed by atoms with Gasteiger partial charge in [0.1, 0.15) is 18.6 Å². The Morgan fingerprint density at radius 2 is 1.70 bits per heavy atom. The lowest BCUT2D eigenvalue weighted by atomic mass is 10.1. The van der Waals surface area contributed by atoms with Crippen molar-refractivity contribution < 1.29 is 9.26 Å². The third-order valence-electron chi connectivity index (χ3n) is 3.68. The van der Waals surface area contributed by atoms with Crippen LogP contribution in [0.3, 0.4) is 0 Å². The van der Waals surface area contributed by atoms with Crippen LogP contribution in [0.1, 0.15) is 26.3 Å². The average molecular weight is 291 g/mol. The second-order valence-corrected chi connectivity index (χ2v) is 11.0. The van der Waals surface area contributed by atoms with Gasteiger partial charge in [-0.15, -0.1) is 0 Å². The van der Waals surface area contributed by atoms with Crippen LogP contribution in [0, 0.1) is 0 Å². The fourth-order valence-electron chi connectivity index (χ4n) is 1.46. The largest absolute Gasteiger partial charge is 0.542 e. The van der Waals surface area contributed by atoms with Crippen molar-refractivity contribution in [3.8, 4) is 0 Å². The van der Waals surface area contributed by atoms with Crippen LogP contribution in [0.5, 0.6) is 0 Å². The number of benzene rings is 1. The SMILES string of the molecule is C=C(O[Si](C)(C)C(C)(C)C)/C(=N/OC)c1ccccc1. The molecule has 0 aliphatic carbocycles. The zero-order valence-corrected chi connectivity index (χ0v) is 14.4. The lowest BCUT2D eigenvalue weighted by Gasteiger charge is -2.37. The zero-order chi connectivity index (χ0) is 15.4. The molecule has 0 aliphatic rings. The summed E-state index contributed by atoms with van der Waals surface area (Å²) in [6, 6.07) is 9.82. The van der Waals surface area contributed by atoms with Gasteiger partial charge in [-0.1, -0.05) is 62.8 Å². The van der Waals surface area contributed by atoms with E-state index >= 15 is 0 Å². The fourth-order valence-corrected chi connectivity index (χ4v) is 2.48. The minimum atomic E-state index is -1.93. The number of hydrogen-bond acceptors (Lipinski definition) is 3. The molecule has 0 saturated carbocycles. The van der Waals surface area contributed by atoms with Crippen molar-refractivity contribution in [3.63, 3.8) is 0 Å². The van der Waals surface area contributed by atoms with Gasteiger partial charge in [-0.2, -0.15) is 0 Å². The van der Waals surface area contributed by atoms with E-state index in [1.165, 1.54) is 7.11 Å². The van der Waals surface area contributed by atoms with Crippen molar-refractivity contribution in [2.45, 2.75) is 38.9 Å². The number of nitrogens with zero attached hydrogens (tertiary/aromatic N) is 1. The highest BCUT2D eigenvalue weighted by Gasteiger charge is 2.39. The van der Waals surface area contributed by atoms with Crippen LogP contribution in [0.2, 0.25) is 18.1 Å². The van der Waals surface area contributed by atoms with E-state index in [0.717, 1.165) is 5.56 Å². The van der Waals surface area contributed by atoms with Crippen molar-refractivity contribution in [1.82, 2.24) is 0 Å². The van der Waals surface area contributed by atoms with Gasteiger partial charge in [0.25, 0.3) is 8.32 Å². The van der Waals surface area contributed by atoms with Crippen LogP contribution in [0.15, 0.2) is 47.8 Å². The number of rotatable bonds is 5. The van der Waals surface area contributed by atoms with Gasteiger partial charge in [0.05, 0.1) is 0 Å². The Morgan fingerprint density at radius 3 is 2.15 bits per heavy atom. The summed E-state index contributed by atoms with van der Waals surface area (Å²) in [7, 11) is -0.398. The highest BCUT2D eigenvalue weighted by Crippen LogP contribution is 2.38. The Labute approximate surface area is 123 Å². The molecule has 20 heavy (non-hydrogen) atoms. The molecule has 0 N–H and O–H groups in total. The average Bonchev–Trinajstić information content (AvgIpc) is 2.35. The molecule has 4 heteroatoms. The number of allylic oxidation sites excluding steroid dienone is 1. The summed E-state index contributed by atoms with van der Waals surface area (Å²) in [5, 5.41) is 4.19. The molecular weight excluding hydrogens is 266 g/mol. The predicted molar refractivity (Wildman–Crippen MR) is 87.4 cm³/mol. The van der Waals surface area contributed by atoms with E-state index in [1.54, 1.807) is 0 Å². The quantitative estimate of drug-likeness (QED) is 0.344. The molecule has 0 fully saturated rings. The summed E-state index contributed by atoms with van der Waals surface area (Å²) in [5.74, 6) is 0.574. The standard InChI is InChI=1S/C16H25NO2Si/c1-13(19-20(6,7)16(2,3)4)15(17-18-5)14-11-9-8-10-12-14/h8-12H,1H2,2-7H3/b17-15-. The van der Waals surface area contributed by atoms with Gasteiger partial charge in [-0.3, -0.25) is 0 Å². The maximum absolute atomic E-state index is 6.21. The molecule has 0 unspecified atom stereocenters. The van der Waals surface area contributed by atoms with E-state index < -0.39 is 8.32 Å². The molecule has 0 spiro atoms. The summed E-state index contributed by atoms with van der Waals surface area (Å²) in [6.45, 7) is 15.0. The van der Waals surface area contributed by atoms with Gasteiger partial charge >= 0.3 is 0 Å². The highest BCUT2D eigenvalue weighted by atomic mass is 28.4. The third-order valence-corrected chi connectivity index (χ3v) is 8.05. The molecular formula is C16H25NO2Si. The van der Waals surface area contributed by atoms with Gasteiger partial charge in [-0.25, -0.2) is 0 Å². The van der Waals surface area contributed by atoms with Crippen molar-refractivity contribution in [3.05, 3.63) is 48.2 Å². The first-order chi connectivity index (χ1) is 9.19. The summed E-state index contributed by atoms with van der Waals surface area (Å²) in [5.41, 5.74) is 1.59. The smallest absolute Gasteiger partial charge is 0.250 e. The normalized spacial score (nSPS) is 13.0. The Kier molecular flexibility index (Phi) is 5.17. The summed E-state index contributed by atoms with van der Waals surface area (Å²) < 4.78 is 6.21. The Hall–Kier alpha value is -1.55. The first-order valence-electron chi connectivity index (χ1n) is 6.74. The number of hydrogen-bond donors (Lipinski definition) is 0. The van der Waals surface area contributed by atoms with Gasteiger partial charge in [0.2, 0.25) is 0 Å². The van der Waals surface area contributed by atoms with Crippen LogP contribution < -0.4 is 0 Å². The molecule has 110 valence electrons. The van der Waals surface area contributed by atoms with Crippen LogP contribution >= 0.6 is 0 Å². The first kappa shape index (κ1) is 16.5. The zero-order valence-electron chi connectivity index (χ0n) is 13.4. The lowest BCUT2D eigenvalue weighted by molar-refractivity contribution is 0.212. The van der Waals surface area contributed by atoms with Crippen molar-refractivity contribution in [1.29, 1.82) is 0 Å². The topological polar surface area (TPSA) is 30.8 Å². The molecule has 0 amide bonds. The highest BCUT2D eigenvalue weighted by molar-refractivity contribution is 6.74. The maximum atomic E-state index is 6.21. The van der Waals surface area contributed by atoms with Gasteiger partial charge < -0.3 is 9.26 Å². The van der Waals surface area contributed by atoms with E-state index in [2.05, 4.69) is 45.6 Å². The Bertz CT molecular complexity index is 487. The predicted octanol–water partition coefficient (Wildman–Crippen LogP) is 4.57. The van der Waals surface area contributed by atoms with E-state index in [0.29, 0.717) is 11.5 Å². The molecule has 0 aliphatic heterocycles. The Morgan fingerprint density at radius 1 is 1.15 bits per heavy atom. The minimum absolute atomic E-state index is 0.116. The molecule has 1 aromatic rings. The molecule has 0 aromatic heterocycles.